The number of aliphatic hydroxyl groups is 1. The highest BCUT2D eigenvalue weighted by atomic mass is 16.5. The van der Waals surface area contributed by atoms with Gasteiger partial charge in [0.25, 0.3) is 0 Å². The molecule has 174 valence electrons. The number of hydrogen-bond donors (Lipinski definition) is 1. The van der Waals surface area contributed by atoms with Crippen LogP contribution in [0, 0.1) is 13.8 Å². The van der Waals surface area contributed by atoms with Crippen molar-refractivity contribution in [1.29, 1.82) is 0 Å². The molecular weight excluding hydrogens is 398 g/mol. The first-order valence-electron chi connectivity index (χ1n) is 12.2. The average Bonchev–Trinajstić information content (AvgIpc) is 2.81. The molecule has 1 aliphatic heterocycles. The van der Waals surface area contributed by atoms with Crippen LogP contribution in [0.1, 0.15) is 61.1 Å². The fourth-order valence-corrected chi connectivity index (χ4v) is 5.48. The zero-order chi connectivity index (χ0) is 22.6. The molecule has 0 bridgehead atoms. The zero-order valence-corrected chi connectivity index (χ0v) is 20.0. The number of piperidine rings is 1. The first-order valence-corrected chi connectivity index (χ1v) is 12.2. The molecule has 2 aliphatic rings. The van der Waals surface area contributed by atoms with Crippen LogP contribution in [-0.4, -0.2) is 54.6 Å². The maximum absolute atomic E-state index is 11.3. The zero-order valence-electron chi connectivity index (χ0n) is 20.0. The Balaban J connectivity index is 1.27. The molecule has 1 N–H and O–H groups in total. The number of β-amino-alcohol motifs (C(OH)–C–C–N with tert-alkyl or cyclic N) is 1. The van der Waals surface area contributed by atoms with Crippen LogP contribution in [0.2, 0.25) is 0 Å². The third-order valence-corrected chi connectivity index (χ3v) is 7.73. The molecule has 0 unspecified atom stereocenters. The highest BCUT2D eigenvalue weighted by Gasteiger charge is 2.40. The Hall–Kier alpha value is -1.88. The average molecular weight is 438 g/mol. The molecule has 1 saturated carbocycles. The Morgan fingerprint density at radius 1 is 0.969 bits per heavy atom. The summed E-state index contributed by atoms with van der Waals surface area (Å²) in [5.41, 5.74) is 3.03. The quantitative estimate of drug-likeness (QED) is 0.642. The van der Waals surface area contributed by atoms with Crippen molar-refractivity contribution in [3.63, 3.8) is 0 Å². The molecule has 1 saturated heterocycles. The van der Waals surface area contributed by atoms with Crippen LogP contribution in [0.15, 0.2) is 48.5 Å². The molecule has 4 rings (SSSR count). The van der Waals surface area contributed by atoms with Crippen molar-refractivity contribution in [3.05, 3.63) is 65.2 Å². The van der Waals surface area contributed by atoms with Crippen LogP contribution >= 0.6 is 0 Å². The van der Waals surface area contributed by atoms with Gasteiger partial charge in [-0.15, -0.1) is 0 Å². The lowest BCUT2D eigenvalue weighted by Gasteiger charge is -2.44. The van der Waals surface area contributed by atoms with E-state index in [4.69, 9.17) is 9.47 Å². The van der Waals surface area contributed by atoms with Gasteiger partial charge in [-0.1, -0.05) is 48.0 Å². The highest BCUT2D eigenvalue weighted by molar-refractivity contribution is 5.35. The number of rotatable bonds is 7. The lowest BCUT2D eigenvalue weighted by atomic mass is 9.75. The number of methoxy groups -OCH3 is 1. The molecule has 0 spiro atoms. The summed E-state index contributed by atoms with van der Waals surface area (Å²) in [7, 11) is 1.80. The van der Waals surface area contributed by atoms with E-state index in [1.54, 1.807) is 7.11 Å². The topological polar surface area (TPSA) is 41.9 Å². The van der Waals surface area contributed by atoms with Crippen molar-refractivity contribution < 1.29 is 14.6 Å². The third-order valence-electron chi connectivity index (χ3n) is 7.73. The first kappa shape index (κ1) is 23.3. The Kier molecular flexibility index (Phi) is 7.24. The summed E-state index contributed by atoms with van der Waals surface area (Å²) in [6.07, 6.45) is 5.76. The minimum atomic E-state index is -0.562. The number of ether oxygens (including phenoxy) is 2. The maximum Gasteiger partial charge on any atom is 0.122 e. The van der Waals surface area contributed by atoms with E-state index >= 15 is 0 Å². The highest BCUT2D eigenvalue weighted by Crippen LogP contribution is 2.39. The molecule has 0 amide bonds. The SMILES string of the molecule is COC1(COc2ccc(C)cc2C)CCN(CC2(O)CCC(c3ccccc3)CC2)CC1. The Labute approximate surface area is 193 Å². The summed E-state index contributed by atoms with van der Waals surface area (Å²) >= 11 is 0. The van der Waals surface area contributed by atoms with Crippen molar-refractivity contribution >= 4 is 0 Å². The van der Waals surface area contributed by atoms with Crippen LogP contribution in [0.3, 0.4) is 0 Å². The largest absolute Gasteiger partial charge is 0.490 e. The van der Waals surface area contributed by atoms with Gasteiger partial charge >= 0.3 is 0 Å². The minimum absolute atomic E-state index is 0.249. The van der Waals surface area contributed by atoms with Crippen LogP contribution in [-0.2, 0) is 4.74 Å². The summed E-state index contributed by atoms with van der Waals surface area (Å²) in [6, 6.07) is 17.1. The molecule has 0 aromatic heterocycles. The van der Waals surface area contributed by atoms with Gasteiger partial charge in [0.15, 0.2) is 0 Å². The summed E-state index contributed by atoms with van der Waals surface area (Å²) in [6.45, 7) is 7.42. The van der Waals surface area contributed by atoms with Crippen molar-refractivity contribution in [2.45, 2.75) is 69.5 Å². The monoisotopic (exact) mass is 437 g/mol. The molecule has 2 fully saturated rings. The van der Waals surface area contributed by atoms with Crippen molar-refractivity contribution in [1.82, 2.24) is 4.90 Å². The lowest BCUT2D eigenvalue weighted by Crippen LogP contribution is -2.53. The summed E-state index contributed by atoms with van der Waals surface area (Å²) in [5, 5.41) is 11.3. The molecule has 2 aromatic carbocycles. The fourth-order valence-electron chi connectivity index (χ4n) is 5.48. The normalized spacial score (nSPS) is 26.1. The smallest absolute Gasteiger partial charge is 0.122 e. The van der Waals surface area contributed by atoms with Crippen LogP contribution < -0.4 is 4.74 Å². The second kappa shape index (κ2) is 9.94. The fraction of sp³-hybridized carbons (Fsp3) is 0.571. The first-order chi connectivity index (χ1) is 15.4. The van der Waals surface area contributed by atoms with E-state index in [1.807, 2.05) is 0 Å². The standard InChI is InChI=1S/C28H39NO3/c1-22-9-10-26(23(2)19-22)32-21-28(31-3)15-17-29(18-16-28)20-27(30)13-11-25(12-14-27)24-7-5-4-6-8-24/h4-10,19,25,30H,11-18,20-21H2,1-3H3. The van der Waals surface area contributed by atoms with E-state index in [9.17, 15) is 5.11 Å². The van der Waals surface area contributed by atoms with Gasteiger partial charge in [-0.25, -0.2) is 0 Å². The number of nitrogens with zero attached hydrogens (tertiary/aromatic N) is 1. The van der Waals surface area contributed by atoms with Gasteiger partial charge in [-0.2, -0.15) is 0 Å². The molecule has 0 atom stereocenters. The van der Waals surface area contributed by atoms with Gasteiger partial charge in [0.05, 0.1) is 5.60 Å². The summed E-state index contributed by atoms with van der Waals surface area (Å²) in [4.78, 5) is 2.43. The predicted octanol–water partition coefficient (Wildman–Crippen LogP) is 5.25. The molecular formula is C28H39NO3. The van der Waals surface area contributed by atoms with E-state index in [0.717, 1.165) is 63.9 Å². The summed E-state index contributed by atoms with van der Waals surface area (Å²) in [5.74, 6) is 1.53. The van der Waals surface area contributed by atoms with Gasteiger partial charge in [0, 0.05) is 26.7 Å². The molecule has 4 nitrogen and oxygen atoms in total. The Bertz CT molecular complexity index is 866. The maximum atomic E-state index is 11.3. The van der Waals surface area contributed by atoms with Crippen molar-refractivity contribution in [3.8, 4) is 5.75 Å². The van der Waals surface area contributed by atoms with E-state index in [2.05, 4.69) is 67.3 Å². The molecule has 0 radical (unpaired) electrons. The number of likely N-dealkylation sites (tertiary alicyclic amines) is 1. The molecule has 1 heterocycles. The van der Waals surface area contributed by atoms with Crippen molar-refractivity contribution in [2.75, 3.05) is 33.4 Å². The van der Waals surface area contributed by atoms with Crippen LogP contribution in [0.4, 0.5) is 0 Å². The van der Waals surface area contributed by atoms with Gasteiger partial charge in [0.2, 0.25) is 0 Å². The molecule has 1 aliphatic carbocycles. The summed E-state index contributed by atoms with van der Waals surface area (Å²) < 4.78 is 12.2. The molecule has 4 heteroatoms. The molecule has 2 aromatic rings. The third kappa shape index (κ3) is 5.54. The number of aryl methyl sites for hydroxylation is 2. The lowest BCUT2D eigenvalue weighted by molar-refractivity contribution is -0.0982. The van der Waals surface area contributed by atoms with Gasteiger partial charge in [-0.05, 0) is 75.5 Å². The van der Waals surface area contributed by atoms with Gasteiger partial charge < -0.3 is 19.5 Å². The Morgan fingerprint density at radius 2 is 1.66 bits per heavy atom. The van der Waals surface area contributed by atoms with Gasteiger partial charge in [0.1, 0.15) is 18.0 Å². The molecule has 32 heavy (non-hydrogen) atoms. The number of hydrogen-bond acceptors (Lipinski definition) is 4. The van der Waals surface area contributed by atoms with Crippen molar-refractivity contribution in [2.24, 2.45) is 0 Å². The van der Waals surface area contributed by atoms with Gasteiger partial charge in [-0.3, -0.25) is 0 Å². The second-order valence-electron chi connectivity index (χ2n) is 10.1. The van der Waals surface area contributed by atoms with E-state index in [1.165, 1.54) is 16.7 Å². The second-order valence-corrected chi connectivity index (χ2v) is 10.1. The predicted molar refractivity (Wildman–Crippen MR) is 129 cm³/mol. The van der Waals surface area contributed by atoms with E-state index in [-0.39, 0.29) is 5.60 Å². The van der Waals surface area contributed by atoms with E-state index < -0.39 is 5.60 Å². The van der Waals surface area contributed by atoms with Crippen LogP contribution in [0.5, 0.6) is 5.75 Å². The Morgan fingerprint density at radius 3 is 2.28 bits per heavy atom. The minimum Gasteiger partial charge on any atom is -0.490 e. The van der Waals surface area contributed by atoms with E-state index in [0.29, 0.717) is 12.5 Å². The van der Waals surface area contributed by atoms with Crippen LogP contribution in [0.25, 0.3) is 0 Å². The number of benzene rings is 2.